The Kier molecular flexibility index (Phi) is 6.91. The van der Waals surface area contributed by atoms with E-state index in [-0.39, 0.29) is 30.4 Å². The Morgan fingerprint density at radius 1 is 1.17 bits per heavy atom. The molecule has 1 aromatic rings. The number of carbonyl (C=O) groups excluding carboxylic acids is 3. The first-order valence-electron chi connectivity index (χ1n) is 10.3. The van der Waals surface area contributed by atoms with Crippen molar-refractivity contribution in [2.45, 2.75) is 30.4 Å². The third-order valence-corrected chi connectivity index (χ3v) is 6.79. The first-order valence-corrected chi connectivity index (χ1v) is 11.5. The molecule has 1 N–H and O–H groups in total. The Hall–Kier alpha value is -2.10. The fourth-order valence-electron chi connectivity index (χ4n) is 4.09. The van der Waals surface area contributed by atoms with Gasteiger partial charge in [-0.2, -0.15) is 11.8 Å². The van der Waals surface area contributed by atoms with Crippen molar-refractivity contribution in [2.75, 3.05) is 45.2 Å². The number of morpholine rings is 1. The van der Waals surface area contributed by atoms with Gasteiger partial charge < -0.3 is 24.6 Å². The van der Waals surface area contributed by atoms with Gasteiger partial charge in [-0.1, -0.05) is 30.3 Å². The molecular weight excluding hydrogens is 406 g/mol. The molecule has 162 valence electrons. The second kappa shape index (κ2) is 9.80. The van der Waals surface area contributed by atoms with Crippen LogP contribution in [0.4, 0.5) is 4.79 Å². The summed E-state index contributed by atoms with van der Waals surface area (Å²) in [6.45, 7) is 2.54. The van der Waals surface area contributed by atoms with Gasteiger partial charge in [-0.15, -0.1) is 0 Å². The van der Waals surface area contributed by atoms with Crippen molar-refractivity contribution in [2.24, 2.45) is 0 Å². The molecule has 0 unspecified atom stereocenters. The highest BCUT2D eigenvalue weighted by Crippen LogP contribution is 2.28. The standard InChI is InChI=1S/C21H27N3O5S/c25-17-12-29-18-6-7-24(19(17)18)20(26)16(14-30-13-15-4-2-1-3-5-15)22-21(27)23-8-10-28-11-9-23/h1-5,16,18-19H,6-14H2,(H,22,27)/t16-,18+,19+/m0/s1. The molecule has 8 nitrogen and oxygen atoms in total. The summed E-state index contributed by atoms with van der Waals surface area (Å²) in [5.74, 6) is 0.920. The number of carbonyl (C=O) groups is 3. The molecule has 0 aliphatic carbocycles. The zero-order valence-electron chi connectivity index (χ0n) is 16.8. The fraction of sp³-hybridized carbons (Fsp3) is 0.571. The third kappa shape index (κ3) is 4.79. The minimum absolute atomic E-state index is 0.0546. The van der Waals surface area contributed by atoms with Gasteiger partial charge in [-0.25, -0.2) is 4.79 Å². The molecule has 9 heteroatoms. The molecule has 3 heterocycles. The molecule has 3 amide bonds. The maximum absolute atomic E-state index is 13.3. The summed E-state index contributed by atoms with van der Waals surface area (Å²) in [4.78, 5) is 41.6. The number of Topliss-reactive ketones (excluding diaryl/α,β-unsaturated/α-hetero) is 1. The number of urea groups is 1. The van der Waals surface area contributed by atoms with E-state index in [1.165, 1.54) is 0 Å². The molecule has 30 heavy (non-hydrogen) atoms. The molecule has 4 rings (SSSR count). The van der Waals surface area contributed by atoms with Crippen LogP contribution in [0.25, 0.3) is 0 Å². The number of nitrogens with one attached hydrogen (secondary N) is 1. The van der Waals surface area contributed by atoms with Crippen molar-refractivity contribution in [1.82, 2.24) is 15.1 Å². The number of amides is 3. The average Bonchev–Trinajstić information content (AvgIpc) is 3.37. The average molecular weight is 434 g/mol. The number of ketones is 1. The van der Waals surface area contributed by atoms with E-state index in [1.807, 2.05) is 30.3 Å². The van der Waals surface area contributed by atoms with Crippen LogP contribution in [0.3, 0.4) is 0 Å². The molecule has 0 radical (unpaired) electrons. The maximum Gasteiger partial charge on any atom is 0.318 e. The van der Waals surface area contributed by atoms with Crippen LogP contribution in [0.5, 0.6) is 0 Å². The highest BCUT2D eigenvalue weighted by atomic mass is 32.2. The lowest BCUT2D eigenvalue weighted by atomic mass is 10.1. The van der Waals surface area contributed by atoms with Gasteiger partial charge in [0.1, 0.15) is 18.7 Å². The van der Waals surface area contributed by atoms with Crippen LogP contribution in [0, 0.1) is 0 Å². The predicted molar refractivity (Wildman–Crippen MR) is 112 cm³/mol. The fourth-order valence-corrected chi connectivity index (χ4v) is 5.10. The van der Waals surface area contributed by atoms with E-state index in [1.54, 1.807) is 21.6 Å². The minimum Gasteiger partial charge on any atom is -0.378 e. The molecule has 3 saturated heterocycles. The van der Waals surface area contributed by atoms with Crippen molar-refractivity contribution in [3.8, 4) is 0 Å². The van der Waals surface area contributed by atoms with Crippen molar-refractivity contribution in [1.29, 1.82) is 0 Å². The quantitative estimate of drug-likeness (QED) is 0.717. The lowest BCUT2D eigenvalue weighted by molar-refractivity contribution is -0.137. The summed E-state index contributed by atoms with van der Waals surface area (Å²) >= 11 is 1.59. The predicted octanol–water partition coefficient (Wildman–Crippen LogP) is 0.899. The number of rotatable bonds is 6. The summed E-state index contributed by atoms with van der Waals surface area (Å²) in [6.07, 6.45) is 0.442. The third-order valence-electron chi connectivity index (χ3n) is 5.69. The zero-order valence-corrected chi connectivity index (χ0v) is 17.6. The summed E-state index contributed by atoms with van der Waals surface area (Å²) in [6, 6.07) is 8.53. The van der Waals surface area contributed by atoms with Crippen LogP contribution in [0.2, 0.25) is 0 Å². The number of nitrogens with zero attached hydrogens (tertiary/aromatic N) is 2. The molecule has 0 spiro atoms. The highest BCUT2D eigenvalue weighted by molar-refractivity contribution is 7.98. The smallest absolute Gasteiger partial charge is 0.318 e. The molecule has 0 aromatic heterocycles. The van der Waals surface area contributed by atoms with E-state index >= 15 is 0 Å². The lowest BCUT2D eigenvalue weighted by Crippen LogP contribution is -2.56. The first-order chi connectivity index (χ1) is 14.6. The minimum atomic E-state index is -0.693. The van der Waals surface area contributed by atoms with E-state index in [0.29, 0.717) is 45.0 Å². The molecule has 3 aliphatic heterocycles. The molecule has 0 bridgehead atoms. The Bertz CT molecular complexity index is 771. The summed E-state index contributed by atoms with van der Waals surface area (Å²) in [5.41, 5.74) is 1.16. The second-order valence-electron chi connectivity index (χ2n) is 7.68. The van der Waals surface area contributed by atoms with Gasteiger partial charge in [-0.3, -0.25) is 9.59 Å². The Balaban J connectivity index is 1.42. The molecule has 0 saturated carbocycles. The monoisotopic (exact) mass is 433 g/mol. The van der Waals surface area contributed by atoms with Gasteiger partial charge in [0.05, 0.1) is 19.3 Å². The van der Waals surface area contributed by atoms with Crippen molar-refractivity contribution in [3.63, 3.8) is 0 Å². The normalized spacial score (nSPS) is 24.6. The highest BCUT2D eigenvalue weighted by Gasteiger charge is 2.48. The van der Waals surface area contributed by atoms with Gasteiger partial charge in [0.2, 0.25) is 5.91 Å². The molecule has 1 aromatic carbocycles. The Morgan fingerprint density at radius 2 is 1.93 bits per heavy atom. The largest absolute Gasteiger partial charge is 0.378 e. The van der Waals surface area contributed by atoms with Gasteiger partial charge in [0.15, 0.2) is 5.78 Å². The number of hydrogen-bond donors (Lipinski definition) is 1. The van der Waals surface area contributed by atoms with Crippen molar-refractivity contribution in [3.05, 3.63) is 35.9 Å². The van der Waals surface area contributed by atoms with Crippen molar-refractivity contribution >= 4 is 29.5 Å². The number of hydrogen-bond acceptors (Lipinski definition) is 6. The molecule has 3 fully saturated rings. The van der Waals surface area contributed by atoms with Crippen LogP contribution < -0.4 is 5.32 Å². The van der Waals surface area contributed by atoms with Crippen LogP contribution >= 0.6 is 11.8 Å². The van der Waals surface area contributed by atoms with Crippen LogP contribution in [-0.4, -0.2) is 90.9 Å². The SMILES string of the molecule is O=C1CO[C@@H]2CCN(C(=O)[C@H](CSCc3ccccc3)NC(=O)N3CCOCC3)[C@H]12. The molecular formula is C21H27N3O5S. The molecule has 3 atom stereocenters. The van der Waals surface area contributed by atoms with Gasteiger partial charge >= 0.3 is 6.03 Å². The lowest BCUT2D eigenvalue weighted by Gasteiger charge is -2.31. The number of ether oxygens (including phenoxy) is 2. The van der Waals surface area contributed by atoms with Crippen LogP contribution in [0.1, 0.15) is 12.0 Å². The summed E-state index contributed by atoms with van der Waals surface area (Å²) < 4.78 is 10.8. The number of benzene rings is 1. The van der Waals surface area contributed by atoms with E-state index in [2.05, 4.69) is 5.32 Å². The van der Waals surface area contributed by atoms with E-state index in [9.17, 15) is 14.4 Å². The Morgan fingerprint density at radius 3 is 2.70 bits per heavy atom. The van der Waals surface area contributed by atoms with Gasteiger partial charge in [0, 0.05) is 31.1 Å². The van der Waals surface area contributed by atoms with Crippen LogP contribution in [-0.2, 0) is 24.8 Å². The number of likely N-dealkylation sites (tertiary alicyclic amines) is 1. The maximum atomic E-state index is 13.3. The van der Waals surface area contributed by atoms with Crippen molar-refractivity contribution < 1.29 is 23.9 Å². The van der Waals surface area contributed by atoms with Crippen LogP contribution in [0.15, 0.2) is 30.3 Å². The molecule has 3 aliphatic rings. The second-order valence-corrected chi connectivity index (χ2v) is 8.71. The summed E-state index contributed by atoms with van der Waals surface area (Å²) in [7, 11) is 0. The zero-order chi connectivity index (χ0) is 20.9. The van der Waals surface area contributed by atoms with E-state index in [4.69, 9.17) is 9.47 Å². The van der Waals surface area contributed by atoms with Gasteiger partial charge in [0.25, 0.3) is 0 Å². The van der Waals surface area contributed by atoms with Gasteiger partial charge in [-0.05, 0) is 12.0 Å². The topological polar surface area (TPSA) is 88.2 Å². The summed E-state index contributed by atoms with van der Waals surface area (Å²) in [5, 5.41) is 2.91. The van der Waals surface area contributed by atoms with E-state index < -0.39 is 12.1 Å². The first kappa shape index (κ1) is 21.1. The number of thioether (sulfide) groups is 1. The Labute approximate surface area is 180 Å². The van der Waals surface area contributed by atoms with E-state index in [0.717, 1.165) is 11.3 Å². The number of fused-ring (bicyclic) bond motifs is 1.